The lowest BCUT2D eigenvalue weighted by Gasteiger charge is -2.43. The van der Waals surface area contributed by atoms with Crippen LogP contribution in [-0.4, -0.2) is 17.5 Å². The number of ether oxygens (including phenoxy) is 1. The van der Waals surface area contributed by atoms with E-state index in [0.717, 1.165) is 17.9 Å². The van der Waals surface area contributed by atoms with E-state index in [1.54, 1.807) is 0 Å². The first kappa shape index (κ1) is 10.9. The summed E-state index contributed by atoms with van der Waals surface area (Å²) in [5.74, 6) is 0.918. The first-order chi connectivity index (χ1) is 6.85. The quantitative estimate of drug-likeness (QED) is 0.685. The van der Waals surface area contributed by atoms with Gasteiger partial charge in [-0.15, -0.1) is 0 Å². The highest BCUT2D eigenvalue weighted by molar-refractivity contribution is 9.09. The van der Waals surface area contributed by atoms with Crippen LogP contribution in [0.5, 0.6) is 0 Å². The fraction of sp³-hybridized carbons (Fsp3) is 1.00. The van der Waals surface area contributed by atoms with Crippen LogP contribution < -0.4 is 0 Å². The van der Waals surface area contributed by atoms with Crippen LogP contribution in [0, 0.1) is 5.92 Å². The normalized spacial score (nSPS) is 31.9. The fourth-order valence-corrected chi connectivity index (χ4v) is 3.72. The highest BCUT2D eigenvalue weighted by Gasteiger charge is 2.37. The monoisotopic (exact) mass is 260 g/mol. The van der Waals surface area contributed by atoms with Gasteiger partial charge in [-0.1, -0.05) is 35.2 Å². The first-order valence-corrected chi connectivity index (χ1v) is 7.17. The molecule has 1 atom stereocenters. The summed E-state index contributed by atoms with van der Waals surface area (Å²) in [5, 5.41) is 1.16. The summed E-state index contributed by atoms with van der Waals surface area (Å²) in [6.45, 7) is 1.01. The average Bonchev–Trinajstić information content (AvgIpc) is 2.19. The lowest BCUT2D eigenvalue weighted by atomic mass is 9.75. The maximum absolute atomic E-state index is 6.07. The number of alkyl halides is 1. The smallest absolute Gasteiger partial charge is 0.0685 e. The van der Waals surface area contributed by atoms with Gasteiger partial charge in [0.15, 0.2) is 0 Å². The predicted molar refractivity (Wildman–Crippen MR) is 62.9 cm³/mol. The Kier molecular flexibility index (Phi) is 3.89. The Morgan fingerprint density at radius 2 is 2.00 bits per heavy atom. The van der Waals surface area contributed by atoms with Crippen LogP contribution in [0.2, 0.25) is 0 Å². The molecule has 1 heterocycles. The van der Waals surface area contributed by atoms with Crippen LogP contribution in [0.15, 0.2) is 0 Å². The van der Waals surface area contributed by atoms with E-state index in [1.165, 1.54) is 51.4 Å². The van der Waals surface area contributed by atoms with E-state index in [1.807, 2.05) is 0 Å². The fourth-order valence-electron chi connectivity index (χ4n) is 3.07. The van der Waals surface area contributed by atoms with Gasteiger partial charge in [0.05, 0.1) is 5.60 Å². The van der Waals surface area contributed by atoms with Gasteiger partial charge in [0.2, 0.25) is 0 Å². The molecule has 0 amide bonds. The maximum Gasteiger partial charge on any atom is 0.0685 e. The minimum Gasteiger partial charge on any atom is -0.375 e. The summed E-state index contributed by atoms with van der Waals surface area (Å²) >= 11 is 3.56. The third kappa shape index (κ3) is 2.52. The Morgan fingerprint density at radius 1 is 1.21 bits per heavy atom. The third-order valence-corrected chi connectivity index (χ3v) is 4.34. The molecule has 2 heteroatoms. The molecule has 1 aliphatic heterocycles. The van der Waals surface area contributed by atoms with Gasteiger partial charge in [-0.25, -0.2) is 0 Å². The minimum atomic E-state index is 0.309. The highest BCUT2D eigenvalue weighted by Crippen LogP contribution is 2.41. The van der Waals surface area contributed by atoms with Crippen LogP contribution in [0.1, 0.15) is 51.4 Å². The second-order valence-corrected chi connectivity index (χ2v) is 5.72. The van der Waals surface area contributed by atoms with Crippen LogP contribution >= 0.6 is 15.9 Å². The Bertz CT molecular complexity index is 168. The van der Waals surface area contributed by atoms with Gasteiger partial charge in [0, 0.05) is 11.9 Å². The molecule has 0 radical (unpaired) electrons. The first-order valence-electron chi connectivity index (χ1n) is 6.05. The molecule has 0 bridgehead atoms. The predicted octanol–water partition coefficient (Wildman–Crippen LogP) is 3.90. The molecule has 1 saturated carbocycles. The van der Waals surface area contributed by atoms with Gasteiger partial charge in [-0.3, -0.25) is 0 Å². The van der Waals surface area contributed by atoms with Crippen molar-refractivity contribution in [3.05, 3.63) is 0 Å². The van der Waals surface area contributed by atoms with Crippen molar-refractivity contribution in [2.75, 3.05) is 11.9 Å². The number of halogens is 1. The second-order valence-electron chi connectivity index (χ2n) is 4.93. The van der Waals surface area contributed by atoms with Crippen molar-refractivity contribution in [2.24, 2.45) is 5.92 Å². The summed E-state index contributed by atoms with van der Waals surface area (Å²) in [5.41, 5.74) is 0.309. The summed E-state index contributed by atoms with van der Waals surface area (Å²) in [6.07, 6.45) is 10.8. The van der Waals surface area contributed by atoms with E-state index >= 15 is 0 Å². The number of rotatable bonds is 2. The molecule has 2 aliphatic rings. The molecule has 0 aromatic heterocycles. The van der Waals surface area contributed by atoms with E-state index in [2.05, 4.69) is 15.9 Å². The molecule has 0 aromatic carbocycles. The molecule has 2 fully saturated rings. The van der Waals surface area contributed by atoms with E-state index in [-0.39, 0.29) is 0 Å². The summed E-state index contributed by atoms with van der Waals surface area (Å²) in [6, 6.07) is 0. The van der Waals surface area contributed by atoms with Gasteiger partial charge in [0.25, 0.3) is 0 Å². The van der Waals surface area contributed by atoms with Crippen LogP contribution in [-0.2, 0) is 4.74 Å². The largest absolute Gasteiger partial charge is 0.375 e. The molecule has 82 valence electrons. The standard InChI is InChI=1S/C12H21BrO/c13-8-4-11-5-9-14-12(10-11)6-2-1-3-7-12/h11H,1-10H2. The maximum atomic E-state index is 6.07. The zero-order valence-corrected chi connectivity index (χ0v) is 10.5. The Balaban J connectivity index is 1.91. The minimum absolute atomic E-state index is 0.309. The summed E-state index contributed by atoms with van der Waals surface area (Å²) in [7, 11) is 0. The molecule has 0 N–H and O–H groups in total. The molecule has 14 heavy (non-hydrogen) atoms. The van der Waals surface area contributed by atoms with Crippen molar-refractivity contribution in [2.45, 2.75) is 57.0 Å². The molecule has 1 nitrogen and oxygen atoms in total. The SMILES string of the molecule is BrCCC1CCOC2(CCCCC2)C1. The van der Waals surface area contributed by atoms with Crippen molar-refractivity contribution in [3.8, 4) is 0 Å². The van der Waals surface area contributed by atoms with E-state index in [9.17, 15) is 0 Å². The summed E-state index contributed by atoms with van der Waals surface area (Å²) < 4.78 is 6.07. The van der Waals surface area contributed by atoms with Crippen molar-refractivity contribution >= 4 is 15.9 Å². The number of hydrogen-bond donors (Lipinski definition) is 0. The average molecular weight is 261 g/mol. The van der Waals surface area contributed by atoms with Crippen molar-refractivity contribution in [3.63, 3.8) is 0 Å². The summed E-state index contributed by atoms with van der Waals surface area (Å²) in [4.78, 5) is 0. The molecule has 1 saturated heterocycles. The topological polar surface area (TPSA) is 9.23 Å². The van der Waals surface area contributed by atoms with E-state index < -0.39 is 0 Å². The van der Waals surface area contributed by atoms with E-state index in [0.29, 0.717) is 5.60 Å². The molecule has 2 rings (SSSR count). The zero-order chi connectivity index (χ0) is 9.86. The van der Waals surface area contributed by atoms with Crippen LogP contribution in [0.4, 0.5) is 0 Å². The van der Waals surface area contributed by atoms with Crippen molar-refractivity contribution in [1.82, 2.24) is 0 Å². The molecule has 1 spiro atoms. The van der Waals surface area contributed by atoms with Crippen molar-refractivity contribution in [1.29, 1.82) is 0 Å². The molecule has 1 unspecified atom stereocenters. The van der Waals surface area contributed by atoms with Crippen LogP contribution in [0.25, 0.3) is 0 Å². The third-order valence-electron chi connectivity index (χ3n) is 3.88. The lowest BCUT2D eigenvalue weighted by molar-refractivity contribution is -0.117. The Labute approximate surface area is 95.7 Å². The van der Waals surface area contributed by atoms with Gasteiger partial charge < -0.3 is 4.74 Å². The molecular formula is C12H21BrO. The molecular weight excluding hydrogens is 240 g/mol. The molecule has 1 aliphatic carbocycles. The van der Waals surface area contributed by atoms with Crippen LogP contribution in [0.3, 0.4) is 0 Å². The van der Waals surface area contributed by atoms with Gasteiger partial charge in [-0.2, -0.15) is 0 Å². The zero-order valence-electron chi connectivity index (χ0n) is 8.93. The van der Waals surface area contributed by atoms with Gasteiger partial charge >= 0.3 is 0 Å². The lowest BCUT2D eigenvalue weighted by Crippen LogP contribution is -2.41. The van der Waals surface area contributed by atoms with Crippen molar-refractivity contribution < 1.29 is 4.74 Å². The second kappa shape index (κ2) is 4.98. The van der Waals surface area contributed by atoms with Gasteiger partial charge in [0.1, 0.15) is 0 Å². The highest BCUT2D eigenvalue weighted by atomic mass is 79.9. The van der Waals surface area contributed by atoms with E-state index in [4.69, 9.17) is 4.74 Å². The molecule has 0 aromatic rings. The Hall–Kier alpha value is 0.440. The van der Waals surface area contributed by atoms with Gasteiger partial charge in [-0.05, 0) is 38.0 Å². The Morgan fingerprint density at radius 3 is 2.71 bits per heavy atom. The number of hydrogen-bond acceptors (Lipinski definition) is 1.